The van der Waals surface area contributed by atoms with Crippen molar-refractivity contribution < 1.29 is 43.3 Å². The molecule has 4 N–H and O–H groups in total. The number of aliphatic hydroxyl groups excluding tert-OH is 1. The van der Waals surface area contributed by atoms with Gasteiger partial charge in [0.05, 0.1) is 19.3 Å². The maximum absolute atomic E-state index is 14.1. The van der Waals surface area contributed by atoms with Gasteiger partial charge in [0.2, 0.25) is 23.5 Å². The quantitative estimate of drug-likeness (QED) is 0.168. The van der Waals surface area contributed by atoms with Crippen LogP contribution in [0.15, 0.2) is 35.7 Å². The summed E-state index contributed by atoms with van der Waals surface area (Å²) >= 11 is 0.977. The van der Waals surface area contributed by atoms with E-state index in [9.17, 15) is 33.9 Å². The van der Waals surface area contributed by atoms with E-state index in [1.165, 1.54) is 24.3 Å². The van der Waals surface area contributed by atoms with Crippen molar-refractivity contribution in [3.05, 3.63) is 52.0 Å². The second kappa shape index (κ2) is 17.3. The highest BCUT2D eigenvalue weighted by atomic mass is 32.1. The minimum Gasteiger partial charge on any atom is -0.464 e. The molecule has 2 aromatic rings. The van der Waals surface area contributed by atoms with E-state index in [0.717, 1.165) is 16.9 Å². The molecule has 1 fully saturated rings. The molecular formula is C34H47N5O9S. The van der Waals surface area contributed by atoms with Crippen molar-refractivity contribution in [2.75, 3.05) is 13.7 Å². The molecule has 0 radical (unpaired) electrons. The molecule has 1 aliphatic heterocycles. The van der Waals surface area contributed by atoms with Crippen LogP contribution in [-0.2, 0) is 30.3 Å². The van der Waals surface area contributed by atoms with Crippen molar-refractivity contribution >= 4 is 46.9 Å². The van der Waals surface area contributed by atoms with Crippen molar-refractivity contribution in [2.45, 2.75) is 103 Å². The number of Topliss-reactive ketones (excluding diaryl/α,β-unsaturated/α-hetero) is 1. The molecule has 1 aliphatic rings. The Hall–Kier alpha value is -4.37. The number of carbonyl (C=O) groups excluding carboxylic acids is 6. The van der Waals surface area contributed by atoms with Crippen LogP contribution in [0, 0.1) is 5.92 Å². The fourth-order valence-electron chi connectivity index (χ4n) is 5.33. The van der Waals surface area contributed by atoms with Crippen molar-refractivity contribution in [2.24, 2.45) is 5.92 Å². The molecule has 0 unspecified atom stereocenters. The van der Waals surface area contributed by atoms with E-state index in [-0.39, 0.29) is 29.6 Å². The highest BCUT2D eigenvalue weighted by molar-refractivity contribution is 7.12. The summed E-state index contributed by atoms with van der Waals surface area (Å²) in [4.78, 5) is 84.8. The smallest absolute Gasteiger partial charge is 0.408 e. The Morgan fingerprint density at radius 1 is 1.02 bits per heavy atom. The number of hydrogen-bond acceptors (Lipinski definition) is 11. The lowest BCUT2D eigenvalue weighted by Gasteiger charge is -2.31. The summed E-state index contributed by atoms with van der Waals surface area (Å²) in [6, 6.07) is 4.33. The summed E-state index contributed by atoms with van der Waals surface area (Å²) in [6.45, 7) is 10.2. The van der Waals surface area contributed by atoms with Crippen LogP contribution in [0.1, 0.15) is 86.7 Å². The third kappa shape index (κ3) is 10.8. The van der Waals surface area contributed by atoms with Gasteiger partial charge in [0.15, 0.2) is 10.7 Å². The maximum atomic E-state index is 14.1. The van der Waals surface area contributed by atoms with Gasteiger partial charge in [-0.05, 0) is 52.0 Å². The van der Waals surface area contributed by atoms with Crippen LogP contribution >= 0.6 is 11.3 Å². The first kappa shape index (κ1) is 39.1. The third-order valence-electron chi connectivity index (χ3n) is 8.08. The van der Waals surface area contributed by atoms with E-state index in [1.54, 1.807) is 52.0 Å². The predicted octanol–water partition coefficient (Wildman–Crippen LogP) is 2.64. The summed E-state index contributed by atoms with van der Waals surface area (Å²) in [5.74, 6) is -3.55. The molecule has 0 aliphatic carbocycles. The predicted molar refractivity (Wildman–Crippen MR) is 181 cm³/mol. The van der Waals surface area contributed by atoms with Crippen molar-refractivity contribution in [1.82, 2.24) is 25.8 Å². The highest BCUT2D eigenvalue weighted by Gasteiger charge is 2.40. The molecule has 268 valence electrons. The lowest BCUT2D eigenvalue weighted by Crippen LogP contribution is -2.61. The second-order valence-electron chi connectivity index (χ2n) is 13.1. The molecule has 3 rings (SSSR count). The Kier molecular flexibility index (Phi) is 13.8. The van der Waals surface area contributed by atoms with Crippen LogP contribution in [-0.4, -0.2) is 100 Å². The van der Waals surface area contributed by atoms with Gasteiger partial charge in [0, 0.05) is 18.3 Å². The number of aliphatic hydroxyl groups is 1. The molecular weight excluding hydrogens is 654 g/mol. The minimum atomic E-state index is -1.49. The lowest BCUT2D eigenvalue weighted by molar-refractivity contribution is -0.138. The average molecular weight is 702 g/mol. The number of ketones is 1. The van der Waals surface area contributed by atoms with Gasteiger partial charge < -0.3 is 35.4 Å². The molecule has 0 saturated carbocycles. The second-order valence-corrected chi connectivity index (χ2v) is 13.9. The Morgan fingerprint density at radius 3 is 2.27 bits per heavy atom. The summed E-state index contributed by atoms with van der Waals surface area (Å²) < 4.78 is 10.0. The van der Waals surface area contributed by atoms with Crippen LogP contribution in [0.4, 0.5) is 4.79 Å². The summed E-state index contributed by atoms with van der Waals surface area (Å²) in [5.41, 5.74) is -0.0976. The number of nitrogens with zero attached hydrogens (tertiary/aromatic N) is 2. The first-order valence-electron chi connectivity index (χ1n) is 16.3. The van der Waals surface area contributed by atoms with Gasteiger partial charge in [-0.3, -0.25) is 19.2 Å². The number of aromatic nitrogens is 1. The summed E-state index contributed by atoms with van der Waals surface area (Å²) in [6.07, 6.45) is -0.745. The molecule has 2 heterocycles. The molecule has 1 saturated heterocycles. The van der Waals surface area contributed by atoms with Gasteiger partial charge in [0.25, 0.3) is 0 Å². The first-order chi connectivity index (χ1) is 23.1. The zero-order chi connectivity index (χ0) is 36.5. The van der Waals surface area contributed by atoms with Gasteiger partial charge in [-0.1, -0.05) is 50.6 Å². The number of carbonyl (C=O) groups is 6. The minimum absolute atomic E-state index is 0.0102. The first-order valence-corrected chi connectivity index (χ1v) is 17.1. The van der Waals surface area contributed by atoms with E-state index in [4.69, 9.17) is 4.74 Å². The van der Waals surface area contributed by atoms with Gasteiger partial charge in [0.1, 0.15) is 23.7 Å². The topological polar surface area (TPSA) is 193 Å². The van der Waals surface area contributed by atoms with E-state index in [2.05, 4.69) is 25.7 Å². The summed E-state index contributed by atoms with van der Waals surface area (Å²) in [5, 5.41) is 19.9. The molecule has 49 heavy (non-hydrogen) atoms. The Balaban J connectivity index is 1.84. The molecule has 6 atom stereocenters. The van der Waals surface area contributed by atoms with Crippen molar-refractivity contribution in [3.8, 4) is 0 Å². The molecule has 0 spiro atoms. The van der Waals surface area contributed by atoms with Crippen molar-refractivity contribution in [1.29, 1.82) is 0 Å². The van der Waals surface area contributed by atoms with Gasteiger partial charge >= 0.3 is 12.1 Å². The normalized spacial score (nSPS) is 17.6. The zero-order valence-electron chi connectivity index (χ0n) is 29.0. The number of methoxy groups -OCH3 is 1. The number of nitrogens with one attached hydrogen (secondary N) is 3. The number of esters is 1. The fraction of sp³-hybridized carbons (Fsp3) is 0.559. The number of thiazole rings is 1. The average Bonchev–Trinajstić information content (AvgIpc) is 3.75. The monoisotopic (exact) mass is 701 g/mol. The fourth-order valence-corrected chi connectivity index (χ4v) is 6.10. The van der Waals surface area contributed by atoms with E-state index in [0.29, 0.717) is 19.3 Å². The van der Waals surface area contributed by atoms with Gasteiger partial charge in [-0.25, -0.2) is 14.6 Å². The van der Waals surface area contributed by atoms with Gasteiger partial charge in [-0.2, -0.15) is 0 Å². The molecule has 1 aromatic carbocycles. The standard InChI is InChI=1S/C34H47N5O9S/c1-8-19(2)25(38-33(46)48-34(4,5)6)28(42)37-26(20(3)40)29(43)35-22(17-21-13-10-9-11-14-21)31(44)39-16-12-15-24(39)27(41)30-36-23(18-49-30)32(45)47-7/h9-11,13-14,18-20,22,24-26,40H,8,12,15-17H2,1-7H3,(H,35,43)(H,37,42)(H,38,46)/t19-,20-,22-,24-,25-,26-/m0/s1. The number of benzene rings is 1. The molecule has 4 amide bonds. The number of ether oxygens (including phenoxy) is 2. The van der Waals surface area contributed by atoms with Crippen molar-refractivity contribution in [3.63, 3.8) is 0 Å². The van der Waals surface area contributed by atoms with Gasteiger partial charge in [-0.15, -0.1) is 11.3 Å². The molecule has 1 aromatic heterocycles. The molecule has 0 bridgehead atoms. The largest absolute Gasteiger partial charge is 0.464 e. The number of alkyl carbamates (subject to hydrolysis) is 1. The summed E-state index contributed by atoms with van der Waals surface area (Å²) in [7, 11) is 1.21. The van der Waals surface area contributed by atoms with Crippen LogP contribution in [0.5, 0.6) is 0 Å². The number of rotatable bonds is 14. The SMILES string of the molecule is CC[C@H](C)[C@H](NC(=O)OC(C)(C)C)C(=O)N[C@H](C(=O)N[C@@H](Cc1ccccc1)C(=O)N1CCC[C@H]1C(=O)c1nc(C(=O)OC)cs1)[C@H](C)O. The third-order valence-corrected chi connectivity index (χ3v) is 8.93. The zero-order valence-corrected chi connectivity index (χ0v) is 29.8. The number of amides is 4. The Morgan fingerprint density at radius 2 is 1.67 bits per heavy atom. The highest BCUT2D eigenvalue weighted by Crippen LogP contribution is 2.25. The molecule has 14 nitrogen and oxygen atoms in total. The Labute approximate surface area is 290 Å². The van der Waals surface area contributed by atoms with E-state index >= 15 is 0 Å². The van der Waals surface area contributed by atoms with Crippen LogP contribution in [0.25, 0.3) is 0 Å². The van der Waals surface area contributed by atoms with E-state index < -0.39 is 71.4 Å². The van der Waals surface area contributed by atoms with E-state index in [1.807, 2.05) is 13.0 Å². The Bertz CT molecular complexity index is 1490. The number of likely N-dealkylation sites (tertiary alicyclic amines) is 1. The molecule has 15 heteroatoms. The number of hydrogen-bond donors (Lipinski definition) is 4. The van der Waals surface area contributed by atoms with Crippen LogP contribution in [0.3, 0.4) is 0 Å². The lowest BCUT2D eigenvalue weighted by atomic mass is 9.97. The maximum Gasteiger partial charge on any atom is 0.408 e. The van der Waals surface area contributed by atoms with Crippen LogP contribution < -0.4 is 16.0 Å². The van der Waals surface area contributed by atoms with Crippen LogP contribution in [0.2, 0.25) is 0 Å².